The quantitative estimate of drug-likeness (QED) is 0.643. The number of benzene rings is 1. The van der Waals surface area contributed by atoms with E-state index in [1.807, 2.05) is 25.1 Å². The van der Waals surface area contributed by atoms with Gasteiger partial charge in [-0.05, 0) is 43.4 Å². The second-order valence-corrected chi connectivity index (χ2v) is 9.01. The van der Waals surface area contributed by atoms with Crippen molar-refractivity contribution in [3.63, 3.8) is 0 Å². The van der Waals surface area contributed by atoms with Crippen LogP contribution in [0, 0.1) is 18.8 Å². The van der Waals surface area contributed by atoms with Gasteiger partial charge in [0.25, 0.3) is 0 Å². The Bertz CT molecular complexity index is 867. The van der Waals surface area contributed by atoms with Crippen LogP contribution in [-0.4, -0.2) is 36.9 Å². The first kappa shape index (κ1) is 22.5. The zero-order chi connectivity index (χ0) is 21.7. The summed E-state index contributed by atoms with van der Waals surface area (Å²) < 4.78 is 16.5. The van der Waals surface area contributed by atoms with Crippen molar-refractivity contribution in [1.29, 1.82) is 0 Å². The van der Waals surface area contributed by atoms with Crippen molar-refractivity contribution < 1.29 is 18.7 Å². The summed E-state index contributed by atoms with van der Waals surface area (Å²) in [6, 6.07) is 5.87. The zero-order valence-electron chi connectivity index (χ0n) is 18.5. The average molecular weight is 433 g/mol. The summed E-state index contributed by atoms with van der Waals surface area (Å²) in [5, 5.41) is 3.23. The third-order valence-corrected chi connectivity index (χ3v) is 6.99. The molecular weight excluding hydrogens is 400 g/mol. The van der Waals surface area contributed by atoms with Gasteiger partial charge in [0.1, 0.15) is 5.76 Å². The van der Waals surface area contributed by atoms with Crippen molar-refractivity contribution in [2.24, 2.45) is 11.8 Å². The first-order valence-corrected chi connectivity index (χ1v) is 11.6. The maximum absolute atomic E-state index is 12.4. The first-order valence-electron chi connectivity index (χ1n) is 10.5. The SMILES string of the molecule is COc1ccc(-c2nc(CSCC(=O)N[C@@H]3CCC[C@@H](C)[C@H]3C)c(C)o2)cc1OC. The Hall–Kier alpha value is -2.15. The maximum atomic E-state index is 12.4. The average Bonchev–Trinajstić information content (AvgIpc) is 3.11. The molecule has 0 radical (unpaired) electrons. The minimum Gasteiger partial charge on any atom is -0.493 e. The first-order chi connectivity index (χ1) is 14.4. The number of carbonyl (C=O) groups is 1. The van der Waals surface area contributed by atoms with Crippen molar-refractivity contribution in [3.05, 3.63) is 29.7 Å². The molecule has 3 atom stereocenters. The summed E-state index contributed by atoms with van der Waals surface area (Å²) in [7, 11) is 3.21. The van der Waals surface area contributed by atoms with Crippen LogP contribution in [0.1, 0.15) is 44.6 Å². The van der Waals surface area contributed by atoms with E-state index in [-0.39, 0.29) is 5.91 Å². The number of ether oxygens (including phenoxy) is 2. The fourth-order valence-electron chi connectivity index (χ4n) is 3.93. The lowest BCUT2D eigenvalue weighted by molar-refractivity contribution is -0.119. The highest BCUT2D eigenvalue weighted by molar-refractivity contribution is 7.99. The second-order valence-electron chi connectivity index (χ2n) is 8.03. The fourth-order valence-corrected chi connectivity index (χ4v) is 4.76. The number of carbonyl (C=O) groups excluding carboxylic acids is 1. The van der Waals surface area contributed by atoms with E-state index in [0.717, 1.165) is 23.4 Å². The van der Waals surface area contributed by atoms with Gasteiger partial charge in [-0.25, -0.2) is 4.98 Å². The number of oxazole rings is 1. The predicted molar refractivity (Wildman–Crippen MR) is 120 cm³/mol. The van der Waals surface area contributed by atoms with E-state index in [0.29, 0.717) is 46.8 Å². The van der Waals surface area contributed by atoms with Crippen LogP contribution >= 0.6 is 11.8 Å². The van der Waals surface area contributed by atoms with Gasteiger partial charge in [0, 0.05) is 17.4 Å². The van der Waals surface area contributed by atoms with Crippen molar-refractivity contribution in [2.45, 2.75) is 51.8 Å². The molecule has 1 aliphatic rings. The molecule has 1 aliphatic carbocycles. The number of nitrogens with zero attached hydrogens (tertiary/aromatic N) is 1. The lowest BCUT2D eigenvalue weighted by Crippen LogP contribution is -2.44. The summed E-state index contributed by atoms with van der Waals surface area (Å²) >= 11 is 1.56. The third-order valence-electron chi connectivity index (χ3n) is 6.05. The third kappa shape index (κ3) is 5.31. The molecule has 164 valence electrons. The molecule has 6 nitrogen and oxygen atoms in total. The molecule has 0 spiro atoms. The number of hydrogen-bond acceptors (Lipinski definition) is 6. The molecule has 2 aromatic rings. The molecule has 1 N–H and O–H groups in total. The van der Waals surface area contributed by atoms with Crippen molar-refractivity contribution >= 4 is 17.7 Å². The molecule has 0 unspecified atom stereocenters. The molecule has 0 aliphatic heterocycles. The number of amides is 1. The topological polar surface area (TPSA) is 73.6 Å². The summed E-state index contributed by atoms with van der Waals surface area (Å²) in [5.41, 5.74) is 1.68. The number of hydrogen-bond donors (Lipinski definition) is 1. The monoisotopic (exact) mass is 432 g/mol. The van der Waals surface area contributed by atoms with E-state index in [2.05, 4.69) is 24.1 Å². The predicted octanol–water partition coefficient (Wildman–Crippen LogP) is 4.84. The van der Waals surface area contributed by atoms with E-state index in [1.54, 1.807) is 26.0 Å². The molecule has 1 aromatic carbocycles. The van der Waals surface area contributed by atoms with Gasteiger partial charge >= 0.3 is 0 Å². The second kappa shape index (κ2) is 10.2. The van der Waals surface area contributed by atoms with Crippen LogP contribution in [0.2, 0.25) is 0 Å². The minimum atomic E-state index is 0.104. The van der Waals surface area contributed by atoms with Gasteiger partial charge in [0.05, 0.1) is 25.7 Å². The van der Waals surface area contributed by atoms with Crippen LogP contribution in [0.4, 0.5) is 0 Å². The number of nitrogens with one attached hydrogen (secondary N) is 1. The molecule has 3 rings (SSSR count). The Kier molecular flexibility index (Phi) is 7.69. The Balaban J connectivity index is 1.56. The summed E-state index contributed by atoms with van der Waals surface area (Å²) in [4.78, 5) is 17.0. The Morgan fingerprint density at radius 1 is 1.23 bits per heavy atom. The van der Waals surface area contributed by atoms with Crippen LogP contribution in [0.5, 0.6) is 11.5 Å². The lowest BCUT2D eigenvalue weighted by atomic mass is 9.78. The Labute approximate surface area is 183 Å². The van der Waals surface area contributed by atoms with Crippen molar-refractivity contribution in [3.8, 4) is 23.0 Å². The molecule has 30 heavy (non-hydrogen) atoms. The van der Waals surface area contributed by atoms with Crippen LogP contribution < -0.4 is 14.8 Å². The summed E-state index contributed by atoms with van der Waals surface area (Å²) in [5.74, 6) is 4.97. The molecule has 1 aromatic heterocycles. The highest BCUT2D eigenvalue weighted by atomic mass is 32.2. The van der Waals surface area contributed by atoms with E-state index in [1.165, 1.54) is 12.8 Å². The van der Waals surface area contributed by atoms with Gasteiger partial charge in [-0.2, -0.15) is 0 Å². The number of thioether (sulfide) groups is 1. The summed E-state index contributed by atoms with van der Waals surface area (Å²) in [6.07, 6.45) is 3.54. The molecule has 1 amide bonds. The van der Waals surface area contributed by atoms with Crippen molar-refractivity contribution in [1.82, 2.24) is 10.3 Å². The molecule has 0 saturated heterocycles. The Morgan fingerprint density at radius 2 is 2.00 bits per heavy atom. The normalized spacial score (nSPS) is 21.3. The lowest BCUT2D eigenvalue weighted by Gasteiger charge is -2.34. The van der Waals surface area contributed by atoms with Gasteiger partial charge in [0.2, 0.25) is 11.8 Å². The smallest absolute Gasteiger partial charge is 0.230 e. The highest BCUT2D eigenvalue weighted by Crippen LogP contribution is 2.33. The van der Waals surface area contributed by atoms with Gasteiger partial charge < -0.3 is 19.2 Å². The van der Waals surface area contributed by atoms with Gasteiger partial charge in [-0.1, -0.05) is 26.7 Å². The molecule has 0 bridgehead atoms. The van der Waals surface area contributed by atoms with Gasteiger partial charge in [-0.3, -0.25) is 4.79 Å². The number of aromatic nitrogens is 1. The molecule has 1 fully saturated rings. The largest absolute Gasteiger partial charge is 0.493 e. The molecule has 1 saturated carbocycles. The van der Waals surface area contributed by atoms with Crippen LogP contribution in [0.15, 0.2) is 22.6 Å². The van der Waals surface area contributed by atoms with Crippen molar-refractivity contribution in [2.75, 3.05) is 20.0 Å². The fraction of sp³-hybridized carbons (Fsp3) is 0.565. The molecular formula is C23H32N2O4S. The van der Waals surface area contributed by atoms with Gasteiger partial charge in [0.15, 0.2) is 11.5 Å². The Morgan fingerprint density at radius 3 is 2.73 bits per heavy atom. The highest BCUT2D eigenvalue weighted by Gasteiger charge is 2.28. The van der Waals surface area contributed by atoms with E-state index < -0.39 is 0 Å². The minimum absolute atomic E-state index is 0.104. The van der Waals surface area contributed by atoms with Crippen LogP contribution in [0.25, 0.3) is 11.5 Å². The molecule has 1 heterocycles. The number of methoxy groups -OCH3 is 2. The van der Waals surface area contributed by atoms with Crippen LogP contribution in [0.3, 0.4) is 0 Å². The van der Waals surface area contributed by atoms with E-state index >= 15 is 0 Å². The molecule has 7 heteroatoms. The maximum Gasteiger partial charge on any atom is 0.230 e. The number of aryl methyl sites for hydroxylation is 1. The van der Waals surface area contributed by atoms with Crippen LogP contribution in [-0.2, 0) is 10.5 Å². The summed E-state index contributed by atoms with van der Waals surface area (Å²) in [6.45, 7) is 6.43. The number of rotatable bonds is 8. The zero-order valence-corrected chi connectivity index (χ0v) is 19.3. The van der Waals surface area contributed by atoms with E-state index in [9.17, 15) is 4.79 Å². The van der Waals surface area contributed by atoms with Gasteiger partial charge in [-0.15, -0.1) is 11.8 Å². The van der Waals surface area contributed by atoms with E-state index in [4.69, 9.17) is 13.9 Å². The standard InChI is InChI=1S/C23H32N2O4S/c1-14-7-6-8-18(15(14)2)24-22(26)13-30-12-19-16(3)29-23(25-19)17-9-10-20(27-4)21(11-17)28-5/h9-11,14-15,18H,6-8,12-13H2,1-5H3,(H,24,26)/t14-,15-,18-/m1/s1.